The molecule has 0 saturated heterocycles. The minimum Gasteiger partial charge on any atom is -0.459 e. The smallest absolute Gasteiger partial charge is 0.349 e. The fourth-order valence-corrected chi connectivity index (χ4v) is 2.72. The lowest BCUT2D eigenvalue weighted by Crippen LogP contribution is -2.28. The molecule has 0 radical (unpaired) electrons. The summed E-state index contributed by atoms with van der Waals surface area (Å²) in [6.07, 6.45) is 2.08. The molecule has 1 aliphatic rings. The van der Waals surface area contributed by atoms with Crippen molar-refractivity contribution < 1.29 is 19.1 Å². The molecule has 138 valence electrons. The summed E-state index contributed by atoms with van der Waals surface area (Å²) >= 11 is 0. The van der Waals surface area contributed by atoms with Gasteiger partial charge in [-0.15, -0.1) is 0 Å². The minimum atomic E-state index is -0.833. The summed E-state index contributed by atoms with van der Waals surface area (Å²) < 4.78 is 9.75. The van der Waals surface area contributed by atoms with Gasteiger partial charge in [0.25, 0.3) is 0 Å². The Kier molecular flexibility index (Phi) is 7.16. The third-order valence-corrected chi connectivity index (χ3v) is 3.89. The first kappa shape index (κ1) is 21.0. The van der Waals surface area contributed by atoms with E-state index in [1.54, 1.807) is 0 Å². The van der Waals surface area contributed by atoms with E-state index in [4.69, 9.17) is 9.47 Å². The molecule has 0 atom stereocenters. The first-order valence-corrected chi connectivity index (χ1v) is 8.07. The Balaban J connectivity index is 3.14. The second-order valence-corrected chi connectivity index (χ2v) is 6.82. The number of hydrogen-bond acceptors (Lipinski definition) is 7. The summed E-state index contributed by atoms with van der Waals surface area (Å²) in [4.78, 5) is 25.1. The van der Waals surface area contributed by atoms with E-state index in [0.29, 0.717) is 24.0 Å². The number of allylic oxidation sites excluding steroid dienone is 3. The average Bonchev–Trinajstić information content (AvgIpc) is 2.57. The van der Waals surface area contributed by atoms with Crippen LogP contribution < -0.4 is 0 Å². The van der Waals surface area contributed by atoms with Gasteiger partial charge in [0.1, 0.15) is 30.9 Å². The highest BCUT2D eigenvalue weighted by atomic mass is 16.6. The lowest BCUT2D eigenvalue weighted by Gasteiger charge is -2.36. The molecule has 26 heavy (non-hydrogen) atoms. The fourth-order valence-electron chi connectivity index (χ4n) is 2.72. The van der Waals surface area contributed by atoms with Crippen molar-refractivity contribution in [2.24, 2.45) is 5.41 Å². The van der Waals surface area contributed by atoms with Crippen molar-refractivity contribution in [1.29, 1.82) is 10.5 Å². The van der Waals surface area contributed by atoms with Crippen LogP contribution in [0.5, 0.6) is 0 Å². The topological polar surface area (TPSA) is 103 Å². The second-order valence-electron chi connectivity index (χ2n) is 6.82. The van der Waals surface area contributed by atoms with Crippen molar-refractivity contribution >= 4 is 11.9 Å². The molecule has 0 N–H and O–H groups in total. The number of nitrogens with zero attached hydrogens (tertiary/aromatic N) is 3. The maximum Gasteiger partial charge on any atom is 0.349 e. The van der Waals surface area contributed by atoms with Crippen LogP contribution in [0.25, 0.3) is 0 Å². The lowest BCUT2D eigenvalue weighted by molar-refractivity contribution is -0.146. The number of rotatable bonds is 6. The van der Waals surface area contributed by atoms with Gasteiger partial charge in [0.05, 0.1) is 5.57 Å². The van der Waals surface area contributed by atoms with Gasteiger partial charge in [0.2, 0.25) is 0 Å². The van der Waals surface area contributed by atoms with Gasteiger partial charge >= 0.3 is 11.9 Å². The van der Waals surface area contributed by atoms with Gasteiger partial charge in [-0.25, -0.2) is 9.59 Å². The maximum absolute atomic E-state index is 12.3. The summed E-state index contributed by atoms with van der Waals surface area (Å²) in [6.45, 7) is 6.96. The number of nitriles is 2. The summed E-state index contributed by atoms with van der Waals surface area (Å²) in [5.74, 6) is -1.46. The molecule has 7 heteroatoms. The summed E-state index contributed by atoms with van der Waals surface area (Å²) in [5, 5.41) is 19.1. The SMILES string of the molecule is C=CC(=O)OCCOC(=O)/C(C#N)=C1/CC(C)(C)CC(N(C)C)=C1C#N. The van der Waals surface area contributed by atoms with Gasteiger partial charge in [-0.05, 0) is 23.8 Å². The number of ether oxygens (including phenoxy) is 2. The van der Waals surface area contributed by atoms with E-state index >= 15 is 0 Å². The summed E-state index contributed by atoms with van der Waals surface area (Å²) in [5.41, 5.74) is 1.10. The molecule has 0 aliphatic heterocycles. The van der Waals surface area contributed by atoms with Crippen LogP contribution in [0.15, 0.2) is 35.1 Å². The molecular formula is C19H23N3O4. The molecule has 0 aromatic rings. The number of hydrogen-bond donors (Lipinski definition) is 0. The molecule has 0 saturated carbocycles. The zero-order valence-electron chi connectivity index (χ0n) is 15.6. The van der Waals surface area contributed by atoms with Crippen LogP contribution >= 0.6 is 0 Å². The Labute approximate surface area is 153 Å². The molecule has 0 bridgehead atoms. The highest BCUT2D eigenvalue weighted by molar-refractivity contribution is 5.95. The molecule has 7 nitrogen and oxygen atoms in total. The molecular weight excluding hydrogens is 334 g/mol. The lowest BCUT2D eigenvalue weighted by atomic mass is 9.72. The van der Waals surface area contributed by atoms with Crippen LogP contribution in [0, 0.1) is 28.1 Å². The first-order chi connectivity index (χ1) is 12.2. The molecule has 0 unspecified atom stereocenters. The third-order valence-electron chi connectivity index (χ3n) is 3.89. The van der Waals surface area contributed by atoms with Gasteiger partial charge in [-0.2, -0.15) is 10.5 Å². The van der Waals surface area contributed by atoms with Crippen LogP contribution in [0.1, 0.15) is 26.7 Å². The van der Waals surface area contributed by atoms with Gasteiger partial charge in [-0.3, -0.25) is 0 Å². The van der Waals surface area contributed by atoms with E-state index in [9.17, 15) is 20.1 Å². The highest BCUT2D eigenvalue weighted by Gasteiger charge is 2.35. The third kappa shape index (κ3) is 5.22. The van der Waals surface area contributed by atoms with Gasteiger partial charge < -0.3 is 14.4 Å². The zero-order chi connectivity index (χ0) is 19.9. The van der Waals surface area contributed by atoms with E-state index in [1.165, 1.54) is 0 Å². The normalized spacial score (nSPS) is 17.5. The molecule has 0 aromatic heterocycles. The molecule has 0 amide bonds. The summed E-state index contributed by atoms with van der Waals surface area (Å²) in [6, 6.07) is 3.99. The Morgan fingerprint density at radius 1 is 1.23 bits per heavy atom. The molecule has 0 heterocycles. The predicted molar refractivity (Wildman–Crippen MR) is 94.1 cm³/mol. The van der Waals surface area contributed by atoms with Crippen LogP contribution in [-0.4, -0.2) is 44.1 Å². The van der Waals surface area contributed by atoms with Gasteiger partial charge in [0, 0.05) is 25.9 Å². The fraction of sp³-hybridized carbons (Fsp3) is 0.474. The zero-order valence-corrected chi connectivity index (χ0v) is 15.6. The van der Waals surface area contributed by atoms with Crippen molar-refractivity contribution in [3.8, 4) is 12.1 Å². The van der Waals surface area contributed by atoms with E-state index in [2.05, 4.69) is 12.6 Å². The standard InChI is InChI=1S/C19H23N3O4/c1-6-17(23)25-7-8-26-18(24)15(12-21)13-9-19(2,3)10-16(22(4)5)14(13)11-20/h6H,1,7-10H2,2-5H3/b15-13-. The van der Waals surface area contributed by atoms with E-state index in [-0.39, 0.29) is 24.2 Å². The summed E-state index contributed by atoms with van der Waals surface area (Å²) in [7, 11) is 3.65. The Morgan fingerprint density at radius 3 is 2.35 bits per heavy atom. The Hall–Kier alpha value is -3.06. The molecule has 0 aromatic carbocycles. The number of esters is 2. The van der Waals surface area contributed by atoms with E-state index < -0.39 is 11.9 Å². The molecule has 1 rings (SSSR count). The molecule has 0 fully saturated rings. The quantitative estimate of drug-likeness (QED) is 0.311. The predicted octanol–water partition coefficient (Wildman–Crippen LogP) is 2.24. The number of carbonyl (C=O) groups is 2. The van der Waals surface area contributed by atoms with Crippen molar-refractivity contribution in [2.75, 3.05) is 27.3 Å². The first-order valence-electron chi connectivity index (χ1n) is 8.07. The highest BCUT2D eigenvalue weighted by Crippen LogP contribution is 2.43. The second kappa shape index (κ2) is 8.87. The average molecular weight is 357 g/mol. The van der Waals surface area contributed by atoms with Crippen molar-refractivity contribution in [1.82, 2.24) is 4.90 Å². The van der Waals surface area contributed by atoms with Crippen LogP contribution in [0.4, 0.5) is 0 Å². The van der Waals surface area contributed by atoms with Crippen molar-refractivity contribution in [3.63, 3.8) is 0 Å². The van der Waals surface area contributed by atoms with Gasteiger partial charge in [-0.1, -0.05) is 20.4 Å². The monoisotopic (exact) mass is 357 g/mol. The van der Waals surface area contributed by atoms with E-state index in [1.807, 2.05) is 38.9 Å². The number of carbonyl (C=O) groups excluding carboxylic acids is 2. The van der Waals surface area contributed by atoms with Crippen LogP contribution in [0.2, 0.25) is 0 Å². The van der Waals surface area contributed by atoms with Crippen LogP contribution in [0.3, 0.4) is 0 Å². The Bertz CT molecular complexity index is 746. The van der Waals surface area contributed by atoms with Crippen LogP contribution in [-0.2, 0) is 19.1 Å². The minimum absolute atomic E-state index is 0.139. The van der Waals surface area contributed by atoms with Crippen molar-refractivity contribution in [3.05, 3.63) is 35.1 Å². The van der Waals surface area contributed by atoms with Crippen molar-refractivity contribution in [2.45, 2.75) is 26.7 Å². The van der Waals surface area contributed by atoms with Gasteiger partial charge in [0.15, 0.2) is 0 Å². The largest absolute Gasteiger partial charge is 0.459 e. The van der Waals surface area contributed by atoms with E-state index in [0.717, 1.165) is 11.8 Å². The Morgan fingerprint density at radius 2 is 1.85 bits per heavy atom. The molecule has 0 spiro atoms. The molecule has 1 aliphatic carbocycles. The maximum atomic E-state index is 12.3.